The normalized spacial score (nSPS) is 17.5. The molecule has 2 aliphatic rings. The minimum absolute atomic E-state index is 0.0740. The molecule has 1 fully saturated rings. The van der Waals surface area contributed by atoms with Crippen LogP contribution in [0.3, 0.4) is 0 Å². The largest absolute Gasteiger partial charge is 0.467 e. The number of fused-ring (bicyclic) bond motifs is 1. The monoisotopic (exact) mass is 484 g/mol. The Balaban J connectivity index is 1.51. The summed E-state index contributed by atoms with van der Waals surface area (Å²) in [5.74, 6) is -0.657. The number of methoxy groups -OCH3 is 1. The molecule has 2 aromatic rings. The van der Waals surface area contributed by atoms with E-state index in [0.717, 1.165) is 36.0 Å². The van der Waals surface area contributed by atoms with E-state index < -0.39 is 22.0 Å². The van der Waals surface area contributed by atoms with Crippen LogP contribution in [0.25, 0.3) is 11.1 Å². The summed E-state index contributed by atoms with van der Waals surface area (Å²) < 4.78 is 33.0. The van der Waals surface area contributed by atoms with Gasteiger partial charge in [0.25, 0.3) is 5.91 Å². The van der Waals surface area contributed by atoms with Gasteiger partial charge in [-0.15, -0.1) is 0 Å². The van der Waals surface area contributed by atoms with E-state index in [1.165, 1.54) is 7.11 Å². The molecule has 0 spiro atoms. The van der Waals surface area contributed by atoms with Gasteiger partial charge in [0.2, 0.25) is 10.0 Å². The van der Waals surface area contributed by atoms with Crippen LogP contribution in [0.1, 0.15) is 61.9 Å². The molecule has 0 aromatic heterocycles. The first-order valence-corrected chi connectivity index (χ1v) is 13.4. The van der Waals surface area contributed by atoms with Gasteiger partial charge in [0.05, 0.1) is 12.4 Å². The zero-order valence-electron chi connectivity index (χ0n) is 19.9. The molecular weight excluding hydrogens is 452 g/mol. The van der Waals surface area contributed by atoms with E-state index in [2.05, 4.69) is 4.72 Å². The maximum atomic E-state index is 13.0. The minimum Gasteiger partial charge on any atom is -0.467 e. The lowest BCUT2D eigenvalue weighted by atomic mass is 10.0. The molecule has 0 unspecified atom stereocenters. The molecule has 182 valence electrons. The van der Waals surface area contributed by atoms with Crippen molar-refractivity contribution in [3.8, 4) is 11.1 Å². The number of hydrogen-bond donors (Lipinski definition) is 1. The van der Waals surface area contributed by atoms with Gasteiger partial charge in [-0.05, 0) is 59.7 Å². The summed E-state index contributed by atoms with van der Waals surface area (Å²) >= 11 is 0. The lowest BCUT2D eigenvalue weighted by molar-refractivity contribution is -0.147. The molecule has 1 aliphatic heterocycles. The predicted octanol–water partition coefficient (Wildman–Crippen LogP) is 4.58. The highest BCUT2D eigenvalue weighted by Gasteiger charge is 2.38. The van der Waals surface area contributed by atoms with E-state index in [1.54, 1.807) is 23.1 Å². The van der Waals surface area contributed by atoms with E-state index in [0.29, 0.717) is 30.6 Å². The number of nitrogens with zero attached hydrogens (tertiary/aromatic N) is 1. The van der Waals surface area contributed by atoms with Crippen LogP contribution in [-0.4, -0.2) is 43.6 Å². The second kappa shape index (κ2) is 9.78. The molecule has 1 N–H and O–H groups in total. The first kappa shape index (κ1) is 24.3. The van der Waals surface area contributed by atoms with E-state index >= 15 is 0 Å². The maximum Gasteiger partial charge on any atom is 0.328 e. The van der Waals surface area contributed by atoms with E-state index in [4.69, 9.17) is 4.74 Å². The number of carbonyl (C=O) groups is 2. The summed E-state index contributed by atoms with van der Waals surface area (Å²) in [6.07, 6.45) is 4.45. The second-order valence-corrected chi connectivity index (χ2v) is 11.5. The van der Waals surface area contributed by atoms with Gasteiger partial charge in [0, 0.05) is 17.8 Å². The van der Waals surface area contributed by atoms with Crippen molar-refractivity contribution in [1.82, 2.24) is 4.90 Å². The third-order valence-corrected chi connectivity index (χ3v) is 8.69. The molecule has 7 nitrogen and oxygen atoms in total. The number of amides is 1. The topological polar surface area (TPSA) is 92.8 Å². The molecule has 1 aliphatic carbocycles. The van der Waals surface area contributed by atoms with Crippen molar-refractivity contribution < 1.29 is 22.7 Å². The number of anilines is 1. The molecule has 0 radical (unpaired) electrons. The molecule has 1 saturated carbocycles. The van der Waals surface area contributed by atoms with E-state index in [1.807, 2.05) is 38.1 Å². The smallest absolute Gasteiger partial charge is 0.328 e. The first-order chi connectivity index (χ1) is 16.2. The highest BCUT2D eigenvalue weighted by atomic mass is 32.2. The van der Waals surface area contributed by atoms with Gasteiger partial charge in [-0.1, -0.05) is 51.3 Å². The summed E-state index contributed by atoms with van der Waals surface area (Å²) in [6.45, 7) is 4.14. The van der Waals surface area contributed by atoms with Gasteiger partial charge < -0.3 is 9.64 Å². The molecule has 4 rings (SSSR count). The van der Waals surface area contributed by atoms with Gasteiger partial charge in [-0.3, -0.25) is 9.52 Å². The maximum absolute atomic E-state index is 13.0. The van der Waals surface area contributed by atoms with Crippen LogP contribution in [0.4, 0.5) is 5.69 Å². The van der Waals surface area contributed by atoms with Gasteiger partial charge in [0.1, 0.15) is 6.04 Å². The molecule has 34 heavy (non-hydrogen) atoms. The number of carbonyl (C=O) groups excluding carboxylic acids is 2. The highest BCUT2D eigenvalue weighted by molar-refractivity contribution is 7.93. The van der Waals surface area contributed by atoms with Crippen LogP contribution in [0, 0.1) is 5.92 Å². The molecule has 1 atom stereocenters. The second-order valence-electron chi connectivity index (χ2n) is 9.50. The number of hydrogen-bond acceptors (Lipinski definition) is 5. The Morgan fingerprint density at radius 3 is 2.29 bits per heavy atom. The molecule has 0 saturated heterocycles. The van der Waals surface area contributed by atoms with E-state index in [9.17, 15) is 18.0 Å². The lowest BCUT2D eigenvalue weighted by Gasteiger charge is -2.28. The summed E-state index contributed by atoms with van der Waals surface area (Å²) in [7, 11) is -2.05. The van der Waals surface area contributed by atoms with Crippen molar-refractivity contribution in [3.05, 3.63) is 53.6 Å². The van der Waals surface area contributed by atoms with Gasteiger partial charge in [-0.25, -0.2) is 13.2 Å². The molecule has 1 amide bonds. The Kier molecular flexibility index (Phi) is 6.98. The number of benzene rings is 2. The minimum atomic E-state index is -3.39. The van der Waals surface area contributed by atoms with Gasteiger partial charge in [0.15, 0.2) is 0 Å². The Morgan fingerprint density at radius 2 is 1.68 bits per heavy atom. The molecule has 8 heteroatoms. The Labute approximate surface area is 201 Å². The summed E-state index contributed by atoms with van der Waals surface area (Å²) in [5, 5.41) is -0.322. The zero-order chi connectivity index (χ0) is 24.5. The third-order valence-electron chi connectivity index (χ3n) is 6.82. The van der Waals surface area contributed by atoms with Crippen molar-refractivity contribution >= 4 is 27.6 Å². The average Bonchev–Trinajstić information content (AvgIpc) is 3.15. The Hall–Kier alpha value is -2.87. The van der Waals surface area contributed by atoms with E-state index in [-0.39, 0.29) is 17.1 Å². The Morgan fingerprint density at radius 1 is 1.03 bits per heavy atom. The highest BCUT2D eigenvalue weighted by Crippen LogP contribution is 2.32. The SMILES string of the molecule is COC(=O)[C@H](C(C)C)N1Cc2cc(-c3ccc(NS(=O)(=O)C4CCCCC4)cc3)ccc2C1=O. The fourth-order valence-corrected chi connectivity index (χ4v) is 6.57. The van der Waals surface area contributed by atoms with Crippen LogP contribution in [0.5, 0.6) is 0 Å². The third kappa shape index (κ3) is 4.82. The van der Waals surface area contributed by atoms with Crippen LogP contribution in [0.15, 0.2) is 42.5 Å². The molecular formula is C26H32N2O5S. The van der Waals surface area contributed by atoms with Crippen molar-refractivity contribution in [2.45, 2.75) is 63.8 Å². The average molecular weight is 485 g/mol. The number of rotatable bonds is 7. The van der Waals surface area contributed by atoms with Gasteiger partial charge >= 0.3 is 5.97 Å². The predicted molar refractivity (Wildman–Crippen MR) is 132 cm³/mol. The Bertz CT molecular complexity index is 1170. The fraction of sp³-hybridized carbons (Fsp3) is 0.462. The quantitative estimate of drug-likeness (QED) is 0.581. The number of sulfonamides is 1. The number of esters is 1. The number of ether oxygens (including phenoxy) is 1. The lowest BCUT2D eigenvalue weighted by Crippen LogP contribution is -2.45. The standard InChI is InChI=1S/C26H32N2O5S/c1-17(2)24(26(30)33-3)28-16-20-15-19(11-14-23(20)25(28)29)18-9-12-21(13-10-18)27-34(31,32)22-7-5-4-6-8-22/h9-15,17,22,24,27H,4-8,16H2,1-3H3/t24-/m0/s1. The van der Waals surface area contributed by atoms with Crippen LogP contribution >= 0.6 is 0 Å². The molecule has 2 aromatic carbocycles. The van der Waals surface area contributed by atoms with Crippen LogP contribution in [-0.2, 0) is 26.1 Å². The summed E-state index contributed by atoms with van der Waals surface area (Å²) in [5.41, 5.74) is 3.85. The van der Waals surface area contributed by atoms with Crippen LogP contribution in [0.2, 0.25) is 0 Å². The molecule has 0 bridgehead atoms. The van der Waals surface area contributed by atoms with Gasteiger partial charge in [-0.2, -0.15) is 0 Å². The van der Waals surface area contributed by atoms with Crippen LogP contribution < -0.4 is 4.72 Å². The van der Waals surface area contributed by atoms with Crippen molar-refractivity contribution in [2.24, 2.45) is 5.92 Å². The first-order valence-electron chi connectivity index (χ1n) is 11.8. The van der Waals surface area contributed by atoms with Crippen molar-refractivity contribution in [1.29, 1.82) is 0 Å². The van der Waals surface area contributed by atoms with Crippen molar-refractivity contribution in [2.75, 3.05) is 11.8 Å². The summed E-state index contributed by atoms with van der Waals surface area (Å²) in [4.78, 5) is 26.8. The fourth-order valence-electron chi connectivity index (χ4n) is 4.98. The molecule has 1 heterocycles. The summed E-state index contributed by atoms with van der Waals surface area (Å²) in [6, 6.07) is 12.3. The van der Waals surface area contributed by atoms with Crippen molar-refractivity contribution in [3.63, 3.8) is 0 Å². The number of nitrogens with one attached hydrogen (secondary N) is 1. The zero-order valence-corrected chi connectivity index (χ0v) is 20.7.